The number of carbonyl (C=O) groups excluding carboxylic acids is 3. The van der Waals surface area contributed by atoms with Gasteiger partial charge in [0.15, 0.2) is 0 Å². The van der Waals surface area contributed by atoms with E-state index in [0.717, 1.165) is 16.8 Å². The van der Waals surface area contributed by atoms with Crippen LogP contribution in [0.4, 0.5) is 0 Å². The molecule has 1 N–H and O–H groups in total. The van der Waals surface area contributed by atoms with Gasteiger partial charge in [-0.1, -0.05) is 35.9 Å². The predicted octanol–water partition coefficient (Wildman–Crippen LogP) is 2.90. The molecular formula is C25H29N3O4. The van der Waals surface area contributed by atoms with Crippen LogP contribution in [0.1, 0.15) is 43.0 Å². The lowest BCUT2D eigenvalue weighted by Crippen LogP contribution is -2.44. The van der Waals surface area contributed by atoms with Gasteiger partial charge < -0.3 is 15.0 Å². The van der Waals surface area contributed by atoms with Crippen LogP contribution in [0.2, 0.25) is 0 Å². The first-order valence-corrected chi connectivity index (χ1v) is 10.8. The van der Waals surface area contributed by atoms with Crippen molar-refractivity contribution in [2.24, 2.45) is 0 Å². The van der Waals surface area contributed by atoms with Crippen molar-refractivity contribution >= 4 is 17.8 Å². The number of hydrogen-bond acceptors (Lipinski definition) is 5. The van der Waals surface area contributed by atoms with Gasteiger partial charge in [0.2, 0.25) is 11.8 Å². The smallest absolute Gasteiger partial charge is 0.336 e. The molecule has 1 aromatic heterocycles. The van der Waals surface area contributed by atoms with Gasteiger partial charge in [0.1, 0.15) is 6.54 Å². The van der Waals surface area contributed by atoms with E-state index in [1.807, 2.05) is 49.4 Å². The number of benzene rings is 1. The quantitative estimate of drug-likeness (QED) is 0.644. The summed E-state index contributed by atoms with van der Waals surface area (Å²) in [5.41, 5.74) is 3.74. The summed E-state index contributed by atoms with van der Waals surface area (Å²) in [6.45, 7) is 5.93. The minimum Gasteiger partial charge on any atom is -0.463 e. The summed E-state index contributed by atoms with van der Waals surface area (Å²) < 4.78 is 5.29. The van der Waals surface area contributed by atoms with E-state index < -0.39 is 11.9 Å². The van der Waals surface area contributed by atoms with Crippen LogP contribution in [0.3, 0.4) is 0 Å². The Morgan fingerprint density at radius 2 is 1.91 bits per heavy atom. The second kappa shape index (κ2) is 10.7. The van der Waals surface area contributed by atoms with Crippen molar-refractivity contribution in [3.63, 3.8) is 0 Å². The number of aryl methyl sites for hydroxylation is 1. The highest BCUT2D eigenvalue weighted by atomic mass is 16.5. The lowest BCUT2D eigenvalue weighted by Gasteiger charge is -2.34. The molecule has 1 aromatic carbocycles. The number of amides is 2. The van der Waals surface area contributed by atoms with Crippen LogP contribution in [-0.2, 0) is 25.5 Å². The average molecular weight is 436 g/mol. The van der Waals surface area contributed by atoms with E-state index in [9.17, 15) is 14.4 Å². The Bertz CT molecular complexity index is 1000. The lowest BCUT2D eigenvalue weighted by molar-refractivity contribution is -0.141. The second-order valence-corrected chi connectivity index (χ2v) is 7.79. The summed E-state index contributed by atoms with van der Waals surface area (Å²) in [5.74, 6) is -1.33. The Morgan fingerprint density at radius 1 is 1.16 bits per heavy atom. The maximum absolute atomic E-state index is 13.0. The Balaban J connectivity index is 1.76. The standard InChI is InChI=1S/C25H29N3O4/c1-4-32-25(31)24-18(3)28(16-22(29)27-14-12-20-7-5-6-13-26-20)23(30)15-21(24)19-10-8-17(2)9-11-19/h5-11,13,21H,4,12,14-16H2,1-3H3,(H,27,29). The Kier molecular flexibility index (Phi) is 7.76. The number of pyridine rings is 1. The highest BCUT2D eigenvalue weighted by molar-refractivity contribution is 5.97. The maximum atomic E-state index is 13.0. The van der Waals surface area contributed by atoms with Gasteiger partial charge in [-0.3, -0.25) is 14.6 Å². The molecule has 0 radical (unpaired) electrons. The summed E-state index contributed by atoms with van der Waals surface area (Å²) in [6, 6.07) is 13.4. The number of nitrogens with one attached hydrogen (secondary N) is 1. The zero-order valence-electron chi connectivity index (χ0n) is 18.8. The molecule has 0 spiro atoms. The minimum atomic E-state index is -0.455. The minimum absolute atomic E-state index is 0.107. The summed E-state index contributed by atoms with van der Waals surface area (Å²) in [4.78, 5) is 43.9. The van der Waals surface area contributed by atoms with Crippen molar-refractivity contribution in [3.05, 3.63) is 76.8 Å². The number of ether oxygens (including phenoxy) is 1. The zero-order valence-corrected chi connectivity index (χ0v) is 18.8. The number of allylic oxidation sites excluding steroid dienone is 1. The largest absolute Gasteiger partial charge is 0.463 e. The maximum Gasteiger partial charge on any atom is 0.336 e. The number of hydrogen-bond donors (Lipinski definition) is 1. The fourth-order valence-electron chi connectivity index (χ4n) is 3.84. The van der Waals surface area contributed by atoms with Crippen LogP contribution in [0.5, 0.6) is 0 Å². The monoisotopic (exact) mass is 435 g/mol. The van der Waals surface area contributed by atoms with Gasteiger partial charge >= 0.3 is 5.97 Å². The van der Waals surface area contributed by atoms with Gasteiger partial charge in [0.05, 0.1) is 12.2 Å². The summed E-state index contributed by atoms with van der Waals surface area (Å²) in [6.07, 6.45) is 2.41. The number of rotatable bonds is 8. The first-order chi connectivity index (χ1) is 15.4. The van der Waals surface area contributed by atoms with Crippen molar-refractivity contribution < 1.29 is 19.1 Å². The predicted molar refractivity (Wildman–Crippen MR) is 121 cm³/mol. The van der Waals surface area contributed by atoms with Crippen LogP contribution in [0, 0.1) is 6.92 Å². The van der Waals surface area contributed by atoms with Gasteiger partial charge in [-0.05, 0) is 38.5 Å². The molecule has 3 rings (SSSR count). The van der Waals surface area contributed by atoms with E-state index in [4.69, 9.17) is 4.74 Å². The van der Waals surface area contributed by atoms with E-state index in [0.29, 0.717) is 24.2 Å². The molecule has 2 amide bonds. The highest BCUT2D eigenvalue weighted by Gasteiger charge is 2.37. The van der Waals surface area contributed by atoms with Crippen LogP contribution >= 0.6 is 0 Å². The molecule has 0 saturated carbocycles. The molecule has 168 valence electrons. The molecule has 7 heteroatoms. The molecule has 1 aliphatic rings. The van der Waals surface area contributed by atoms with Gasteiger partial charge in [0, 0.05) is 42.9 Å². The van der Waals surface area contributed by atoms with E-state index in [1.54, 1.807) is 20.0 Å². The van der Waals surface area contributed by atoms with Crippen molar-refractivity contribution in [1.82, 2.24) is 15.2 Å². The molecular weight excluding hydrogens is 406 g/mol. The molecule has 1 aliphatic heterocycles. The molecule has 32 heavy (non-hydrogen) atoms. The van der Waals surface area contributed by atoms with Crippen molar-refractivity contribution in [2.75, 3.05) is 19.7 Å². The molecule has 0 saturated heterocycles. The van der Waals surface area contributed by atoms with E-state index in [2.05, 4.69) is 10.3 Å². The lowest BCUT2D eigenvalue weighted by atomic mass is 9.83. The van der Waals surface area contributed by atoms with Crippen molar-refractivity contribution in [3.8, 4) is 0 Å². The summed E-state index contributed by atoms with van der Waals surface area (Å²) in [5, 5.41) is 2.83. The normalized spacial score (nSPS) is 16.2. The van der Waals surface area contributed by atoms with Crippen LogP contribution in [-0.4, -0.2) is 47.4 Å². The summed E-state index contributed by atoms with van der Waals surface area (Å²) in [7, 11) is 0. The van der Waals surface area contributed by atoms with E-state index in [1.165, 1.54) is 4.90 Å². The Morgan fingerprint density at radius 3 is 2.56 bits per heavy atom. The first kappa shape index (κ1) is 23.2. The molecule has 1 atom stereocenters. The molecule has 7 nitrogen and oxygen atoms in total. The Hall–Kier alpha value is -3.48. The third kappa shape index (κ3) is 5.60. The molecule has 0 bridgehead atoms. The fraction of sp³-hybridized carbons (Fsp3) is 0.360. The molecule has 2 heterocycles. The molecule has 2 aromatic rings. The number of aromatic nitrogens is 1. The molecule has 1 unspecified atom stereocenters. The highest BCUT2D eigenvalue weighted by Crippen LogP contribution is 2.37. The van der Waals surface area contributed by atoms with Gasteiger partial charge in [-0.2, -0.15) is 0 Å². The van der Waals surface area contributed by atoms with E-state index in [-0.39, 0.29) is 31.4 Å². The Labute approximate surface area is 188 Å². The fourth-order valence-corrected chi connectivity index (χ4v) is 3.84. The summed E-state index contributed by atoms with van der Waals surface area (Å²) >= 11 is 0. The first-order valence-electron chi connectivity index (χ1n) is 10.8. The number of esters is 1. The second-order valence-electron chi connectivity index (χ2n) is 7.79. The van der Waals surface area contributed by atoms with Crippen LogP contribution in [0.15, 0.2) is 59.9 Å². The van der Waals surface area contributed by atoms with Gasteiger partial charge in [-0.15, -0.1) is 0 Å². The van der Waals surface area contributed by atoms with Crippen molar-refractivity contribution in [2.45, 2.75) is 39.5 Å². The van der Waals surface area contributed by atoms with Gasteiger partial charge in [-0.25, -0.2) is 4.79 Å². The zero-order chi connectivity index (χ0) is 23.1. The average Bonchev–Trinajstić information content (AvgIpc) is 2.77. The SMILES string of the molecule is CCOC(=O)C1=C(C)N(CC(=O)NCCc2ccccn2)C(=O)CC1c1ccc(C)cc1. The molecule has 0 aliphatic carbocycles. The van der Waals surface area contributed by atoms with Crippen molar-refractivity contribution in [1.29, 1.82) is 0 Å². The third-order valence-electron chi connectivity index (χ3n) is 5.53. The number of nitrogens with zero attached hydrogens (tertiary/aromatic N) is 2. The van der Waals surface area contributed by atoms with E-state index >= 15 is 0 Å². The number of carbonyl (C=O) groups is 3. The third-order valence-corrected chi connectivity index (χ3v) is 5.53. The molecule has 0 fully saturated rings. The topological polar surface area (TPSA) is 88.6 Å². The van der Waals surface area contributed by atoms with Crippen LogP contribution in [0.25, 0.3) is 0 Å². The van der Waals surface area contributed by atoms with Crippen LogP contribution < -0.4 is 5.32 Å². The van der Waals surface area contributed by atoms with Gasteiger partial charge in [0.25, 0.3) is 0 Å².